The summed E-state index contributed by atoms with van der Waals surface area (Å²) in [6, 6.07) is 10.6. The first-order chi connectivity index (χ1) is 13.6. The fraction of sp³-hybridized carbons (Fsp3) is 0.286. The first-order valence-corrected chi connectivity index (χ1v) is 9.41. The van der Waals surface area contributed by atoms with Crippen molar-refractivity contribution in [3.8, 4) is 5.75 Å². The van der Waals surface area contributed by atoms with Gasteiger partial charge in [0.05, 0.1) is 11.4 Å². The Morgan fingerprint density at radius 2 is 2.11 bits per heavy atom. The smallest absolute Gasteiger partial charge is 0.294 e. The van der Waals surface area contributed by atoms with E-state index >= 15 is 0 Å². The van der Waals surface area contributed by atoms with Gasteiger partial charge < -0.3 is 15.8 Å². The van der Waals surface area contributed by atoms with Crippen LogP contribution in [-0.2, 0) is 9.59 Å². The van der Waals surface area contributed by atoms with Gasteiger partial charge >= 0.3 is 0 Å². The number of aromatic nitrogens is 1. The van der Waals surface area contributed by atoms with Crippen molar-refractivity contribution in [3.63, 3.8) is 0 Å². The fourth-order valence-corrected chi connectivity index (χ4v) is 3.57. The van der Waals surface area contributed by atoms with Crippen molar-refractivity contribution < 1.29 is 14.3 Å². The van der Waals surface area contributed by atoms with Gasteiger partial charge in [-0.15, -0.1) is 0 Å². The molecule has 144 valence electrons. The summed E-state index contributed by atoms with van der Waals surface area (Å²) in [6.07, 6.45) is 7.43. The average molecular weight is 378 g/mol. The number of nitrogens with one attached hydrogen (secondary N) is 1. The molecule has 1 aromatic carbocycles. The number of nitrogen functional groups attached to an aromatic ring is 1. The van der Waals surface area contributed by atoms with Crippen molar-refractivity contribution in [2.24, 2.45) is 0 Å². The van der Waals surface area contributed by atoms with Crippen LogP contribution in [0.25, 0.3) is 6.08 Å². The van der Waals surface area contributed by atoms with Crippen molar-refractivity contribution in [2.45, 2.75) is 31.7 Å². The molecule has 0 atom stereocenters. The van der Waals surface area contributed by atoms with Crippen LogP contribution >= 0.6 is 0 Å². The Kier molecular flexibility index (Phi) is 4.97. The maximum atomic E-state index is 13.0. The Labute approximate surface area is 163 Å². The topological polar surface area (TPSA) is 97.6 Å². The quantitative estimate of drug-likeness (QED) is 0.629. The summed E-state index contributed by atoms with van der Waals surface area (Å²) in [4.78, 5) is 31.2. The van der Waals surface area contributed by atoms with Crippen molar-refractivity contribution in [2.75, 3.05) is 17.2 Å². The number of carbonyl (C=O) groups excluding carboxylic acids is 2. The number of pyridine rings is 1. The molecule has 7 nitrogen and oxygen atoms in total. The highest BCUT2D eigenvalue weighted by Gasteiger charge is 2.32. The predicted molar refractivity (Wildman–Crippen MR) is 106 cm³/mol. The highest BCUT2D eigenvalue weighted by atomic mass is 16.5. The number of hydrogen-bond acceptors (Lipinski definition) is 5. The van der Waals surface area contributed by atoms with Gasteiger partial charge in [0.25, 0.3) is 5.91 Å². The highest BCUT2D eigenvalue weighted by molar-refractivity contribution is 6.12. The Balaban J connectivity index is 1.62. The molecule has 0 saturated heterocycles. The average Bonchev–Trinajstić information content (AvgIpc) is 3.18. The molecular weight excluding hydrogens is 356 g/mol. The molecule has 1 aromatic heterocycles. The molecule has 28 heavy (non-hydrogen) atoms. The molecule has 2 amide bonds. The lowest BCUT2D eigenvalue weighted by Gasteiger charge is -2.30. The van der Waals surface area contributed by atoms with Crippen LogP contribution in [-0.4, -0.2) is 29.4 Å². The highest BCUT2D eigenvalue weighted by Crippen LogP contribution is 2.37. The van der Waals surface area contributed by atoms with Crippen LogP contribution in [0.5, 0.6) is 5.75 Å². The number of benzene rings is 1. The summed E-state index contributed by atoms with van der Waals surface area (Å²) in [7, 11) is 0. The maximum Gasteiger partial charge on any atom is 0.294 e. The van der Waals surface area contributed by atoms with E-state index in [9.17, 15) is 9.59 Å². The third-order valence-electron chi connectivity index (χ3n) is 4.94. The van der Waals surface area contributed by atoms with Crippen molar-refractivity contribution in [1.82, 2.24) is 10.3 Å². The van der Waals surface area contributed by atoms with Crippen molar-refractivity contribution >= 4 is 29.3 Å². The van der Waals surface area contributed by atoms with E-state index in [1.165, 1.54) is 4.90 Å². The number of amides is 2. The van der Waals surface area contributed by atoms with Gasteiger partial charge in [-0.1, -0.05) is 18.9 Å². The zero-order chi connectivity index (χ0) is 19.5. The number of fused-ring (bicyclic) bond motifs is 1. The molecule has 0 unspecified atom stereocenters. The molecule has 7 heteroatoms. The van der Waals surface area contributed by atoms with Crippen LogP contribution < -0.4 is 20.7 Å². The third-order valence-corrected chi connectivity index (χ3v) is 4.94. The summed E-state index contributed by atoms with van der Waals surface area (Å²) in [5.41, 5.74) is 7.51. The Morgan fingerprint density at radius 1 is 1.29 bits per heavy atom. The van der Waals surface area contributed by atoms with Crippen molar-refractivity contribution in [1.29, 1.82) is 0 Å². The van der Waals surface area contributed by atoms with Gasteiger partial charge in [-0.25, -0.2) is 0 Å². The summed E-state index contributed by atoms with van der Waals surface area (Å²) >= 11 is 0. The monoisotopic (exact) mass is 378 g/mol. The standard InChI is InChI=1S/C21H22N4O3/c22-14-8-9-17-18(11-14)28-19(12-16-7-3-4-10-23-16)21(27)25(17)13-20(26)24-15-5-1-2-6-15/h3-4,7-12,15H,1-2,5-6,13,22H2,(H,24,26)/b19-12+. The number of anilines is 2. The van der Waals surface area contributed by atoms with E-state index < -0.39 is 0 Å². The van der Waals surface area contributed by atoms with Gasteiger partial charge in [-0.05, 0) is 37.1 Å². The van der Waals surface area contributed by atoms with Gasteiger partial charge in [0.1, 0.15) is 6.54 Å². The molecule has 0 bridgehead atoms. The summed E-state index contributed by atoms with van der Waals surface area (Å²) in [5.74, 6) is -0.0208. The molecule has 0 radical (unpaired) electrons. The SMILES string of the molecule is Nc1ccc2c(c1)O/C(=C/c1ccccn1)C(=O)N2CC(=O)NC1CCCC1. The maximum absolute atomic E-state index is 13.0. The Morgan fingerprint density at radius 3 is 2.86 bits per heavy atom. The number of rotatable bonds is 4. The molecule has 2 aliphatic rings. The molecule has 2 heterocycles. The van der Waals surface area contributed by atoms with Gasteiger partial charge in [0.2, 0.25) is 5.91 Å². The van der Waals surface area contributed by atoms with Gasteiger partial charge in [-0.2, -0.15) is 0 Å². The lowest BCUT2D eigenvalue weighted by Crippen LogP contribution is -2.46. The minimum Gasteiger partial charge on any atom is -0.449 e. The lowest BCUT2D eigenvalue weighted by atomic mass is 10.1. The number of hydrogen-bond donors (Lipinski definition) is 2. The zero-order valence-electron chi connectivity index (χ0n) is 15.4. The molecule has 4 rings (SSSR count). The molecule has 1 saturated carbocycles. The van der Waals surface area contributed by atoms with Crippen molar-refractivity contribution in [3.05, 3.63) is 54.0 Å². The summed E-state index contributed by atoms with van der Waals surface area (Å²) in [5, 5.41) is 3.02. The van der Waals surface area contributed by atoms with Crippen LogP contribution in [0.4, 0.5) is 11.4 Å². The minimum atomic E-state index is -0.385. The van der Waals surface area contributed by atoms with E-state index in [1.54, 1.807) is 42.6 Å². The van der Waals surface area contributed by atoms with Gasteiger partial charge in [0, 0.05) is 30.1 Å². The van der Waals surface area contributed by atoms with Gasteiger partial charge in [-0.3, -0.25) is 19.5 Å². The normalized spacial score (nSPS) is 18.1. The first-order valence-electron chi connectivity index (χ1n) is 9.41. The van der Waals surface area contributed by atoms with Crippen LogP contribution in [0.2, 0.25) is 0 Å². The second kappa shape index (κ2) is 7.72. The number of carbonyl (C=O) groups is 2. The summed E-state index contributed by atoms with van der Waals surface area (Å²) in [6.45, 7) is -0.0742. The molecule has 0 spiro atoms. The largest absolute Gasteiger partial charge is 0.449 e. The van der Waals surface area contributed by atoms with E-state index in [0.717, 1.165) is 25.7 Å². The van der Waals surface area contributed by atoms with E-state index in [4.69, 9.17) is 10.5 Å². The van der Waals surface area contributed by atoms with Crippen LogP contribution in [0.3, 0.4) is 0 Å². The molecule has 1 aliphatic carbocycles. The minimum absolute atomic E-state index is 0.0742. The Hall–Kier alpha value is -3.35. The first kappa shape index (κ1) is 18.0. The van der Waals surface area contributed by atoms with E-state index in [0.29, 0.717) is 22.8 Å². The molecular formula is C21H22N4O3. The lowest BCUT2D eigenvalue weighted by molar-refractivity contribution is -0.123. The number of nitrogens with zero attached hydrogens (tertiary/aromatic N) is 2. The van der Waals surface area contributed by atoms with Crippen LogP contribution in [0, 0.1) is 0 Å². The molecule has 3 N–H and O–H groups in total. The predicted octanol–water partition coefficient (Wildman–Crippen LogP) is 2.49. The van der Waals surface area contributed by atoms with Gasteiger partial charge in [0.15, 0.2) is 11.5 Å². The molecule has 1 fully saturated rings. The molecule has 2 aromatic rings. The van der Waals surface area contributed by atoms with E-state index in [1.807, 2.05) is 6.07 Å². The summed E-state index contributed by atoms with van der Waals surface area (Å²) < 4.78 is 5.79. The van der Waals surface area contributed by atoms with Crippen LogP contribution in [0.1, 0.15) is 31.4 Å². The third kappa shape index (κ3) is 3.83. The van der Waals surface area contributed by atoms with E-state index in [-0.39, 0.29) is 30.2 Å². The number of nitrogens with two attached hydrogens (primary N) is 1. The Bertz CT molecular complexity index is 921. The second-order valence-corrected chi connectivity index (χ2v) is 7.03. The zero-order valence-corrected chi connectivity index (χ0v) is 15.4. The molecule has 1 aliphatic heterocycles. The second-order valence-electron chi connectivity index (χ2n) is 7.03. The fourth-order valence-electron chi connectivity index (χ4n) is 3.57. The van der Waals surface area contributed by atoms with E-state index in [2.05, 4.69) is 10.3 Å². The number of ether oxygens (including phenoxy) is 1. The van der Waals surface area contributed by atoms with Crippen LogP contribution in [0.15, 0.2) is 48.4 Å².